The van der Waals surface area contributed by atoms with E-state index in [2.05, 4.69) is 4.72 Å². The normalized spacial score (nSPS) is 20.2. The SMILES string of the molecule is CNS(=O)(=O)c1ccc(S(=O)(=O)N2CCC(N)C2)cc1.Cl. The molecule has 0 radical (unpaired) electrons. The fourth-order valence-corrected chi connectivity index (χ4v) is 4.27. The lowest BCUT2D eigenvalue weighted by molar-refractivity contribution is 0.472. The summed E-state index contributed by atoms with van der Waals surface area (Å²) in [5, 5.41) is 0. The van der Waals surface area contributed by atoms with Crippen LogP contribution >= 0.6 is 12.4 Å². The Bertz CT molecular complexity index is 689. The second kappa shape index (κ2) is 6.59. The molecule has 0 bridgehead atoms. The zero-order valence-corrected chi connectivity index (χ0v) is 13.8. The maximum Gasteiger partial charge on any atom is 0.243 e. The monoisotopic (exact) mass is 355 g/mol. The van der Waals surface area contributed by atoms with Gasteiger partial charge in [0.15, 0.2) is 0 Å². The standard InChI is InChI=1S/C11H17N3O4S2.ClH/c1-13-19(15,16)10-2-4-11(5-3-10)20(17,18)14-7-6-9(12)8-14;/h2-5,9,13H,6-8,12H2,1H3;1H. The van der Waals surface area contributed by atoms with Crippen LogP contribution in [0.25, 0.3) is 0 Å². The van der Waals surface area contributed by atoms with E-state index in [1.54, 1.807) is 0 Å². The first kappa shape index (κ1) is 18.3. The second-order valence-electron chi connectivity index (χ2n) is 4.59. The molecule has 3 N–H and O–H groups in total. The first-order chi connectivity index (χ1) is 9.27. The summed E-state index contributed by atoms with van der Waals surface area (Å²) in [7, 11) is -5.87. The Balaban J connectivity index is 0.00000220. The minimum absolute atomic E-state index is 0. The van der Waals surface area contributed by atoms with E-state index in [1.807, 2.05) is 0 Å². The van der Waals surface area contributed by atoms with E-state index < -0.39 is 20.0 Å². The van der Waals surface area contributed by atoms with Gasteiger partial charge in [0.1, 0.15) is 0 Å². The molecule has 1 aliphatic heterocycles. The van der Waals surface area contributed by atoms with Gasteiger partial charge in [-0.05, 0) is 37.7 Å². The molecule has 0 aliphatic carbocycles. The second-order valence-corrected chi connectivity index (χ2v) is 8.42. The van der Waals surface area contributed by atoms with E-state index in [0.29, 0.717) is 19.5 Å². The van der Waals surface area contributed by atoms with Crippen molar-refractivity contribution < 1.29 is 16.8 Å². The van der Waals surface area contributed by atoms with Gasteiger partial charge in [0.05, 0.1) is 9.79 Å². The first-order valence-electron chi connectivity index (χ1n) is 6.07. The predicted molar refractivity (Wildman–Crippen MR) is 81.3 cm³/mol. The van der Waals surface area contributed by atoms with Gasteiger partial charge in [-0.25, -0.2) is 21.6 Å². The number of hydrogen-bond donors (Lipinski definition) is 2. The van der Waals surface area contributed by atoms with Crippen LogP contribution in [-0.4, -0.2) is 47.3 Å². The lowest BCUT2D eigenvalue weighted by Gasteiger charge is -2.16. The highest BCUT2D eigenvalue weighted by atomic mass is 35.5. The van der Waals surface area contributed by atoms with Crippen molar-refractivity contribution in [2.75, 3.05) is 20.1 Å². The average molecular weight is 356 g/mol. The van der Waals surface area contributed by atoms with Crippen molar-refractivity contribution in [1.29, 1.82) is 0 Å². The zero-order valence-electron chi connectivity index (χ0n) is 11.4. The third-order valence-corrected chi connectivity index (χ3v) is 6.54. The molecule has 1 unspecified atom stereocenters. The molecule has 2 rings (SSSR count). The van der Waals surface area contributed by atoms with Crippen LogP contribution in [0.5, 0.6) is 0 Å². The molecule has 1 aromatic carbocycles. The molecular formula is C11H18ClN3O4S2. The van der Waals surface area contributed by atoms with Crippen molar-refractivity contribution >= 4 is 32.5 Å². The van der Waals surface area contributed by atoms with E-state index in [-0.39, 0.29) is 28.2 Å². The number of nitrogens with one attached hydrogen (secondary N) is 1. The van der Waals surface area contributed by atoms with Gasteiger partial charge >= 0.3 is 0 Å². The lowest BCUT2D eigenvalue weighted by atomic mass is 10.3. The highest BCUT2D eigenvalue weighted by Crippen LogP contribution is 2.21. The van der Waals surface area contributed by atoms with Crippen LogP contribution in [0.3, 0.4) is 0 Å². The highest BCUT2D eigenvalue weighted by Gasteiger charge is 2.31. The summed E-state index contributed by atoms with van der Waals surface area (Å²) >= 11 is 0. The van der Waals surface area contributed by atoms with Crippen molar-refractivity contribution in [2.24, 2.45) is 5.73 Å². The molecule has 0 spiro atoms. The highest BCUT2D eigenvalue weighted by molar-refractivity contribution is 7.89. The summed E-state index contributed by atoms with van der Waals surface area (Å²) in [6, 6.07) is 4.99. The minimum Gasteiger partial charge on any atom is -0.326 e. The van der Waals surface area contributed by atoms with Crippen LogP contribution in [0.1, 0.15) is 6.42 Å². The van der Waals surface area contributed by atoms with Crippen molar-refractivity contribution in [3.05, 3.63) is 24.3 Å². The number of benzene rings is 1. The largest absolute Gasteiger partial charge is 0.326 e. The third kappa shape index (κ3) is 3.74. The number of hydrogen-bond acceptors (Lipinski definition) is 5. The number of nitrogens with zero attached hydrogens (tertiary/aromatic N) is 1. The van der Waals surface area contributed by atoms with E-state index in [9.17, 15) is 16.8 Å². The molecule has 120 valence electrons. The topological polar surface area (TPSA) is 110 Å². The van der Waals surface area contributed by atoms with E-state index in [1.165, 1.54) is 35.6 Å². The minimum atomic E-state index is -3.60. The predicted octanol–water partition coefficient (Wildman–Crippen LogP) is -0.262. The van der Waals surface area contributed by atoms with Crippen molar-refractivity contribution in [1.82, 2.24) is 9.03 Å². The summed E-state index contributed by atoms with van der Waals surface area (Å²) in [5.74, 6) is 0. The maximum atomic E-state index is 12.3. The van der Waals surface area contributed by atoms with Crippen LogP contribution < -0.4 is 10.5 Å². The van der Waals surface area contributed by atoms with Crippen LogP contribution in [0.15, 0.2) is 34.1 Å². The van der Waals surface area contributed by atoms with Gasteiger partial charge in [0.25, 0.3) is 0 Å². The molecule has 21 heavy (non-hydrogen) atoms. The fraction of sp³-hybridized carbons (Fsp3) is 0.455. The summed E-state index contributed by atoms with van der Waals surface area (Å²) in [4.78, 5) is 0.0960. The van der Waals surface area contributed by atoms with Gasteiger partial charge < -0.3 is 5.73 Å². The van der Waals surface area contributed by atoms with E-state index in [0.717, 1.165) is 0 Å². The Hall–Kier alpha value is -0.710. The molecule has 0 saturated carbocycles. The van der Waals surface area contributed by atoms with E-state index in [4.69, 9.17) is 5.73 Å². The molecule has 1 atom stereocenters. The molecule has 1 heterocycles. The summed E-state index contributed by atoms with van der Waals surface area (Å²) in [5.41, 5.74) is 5.71. The molecule has 1 aliphatic rings. The molecular weight excluding hydrogens is 338 g/mol. The van der Waals surface area contributed by atoms with Crippen molar-refractivity contribution in [2.45, 2.75) is 22.3 Å². The van der Waals surface area contributed by atoms with Crippen LogP contribution in [0, 0.1) is 0 Å². The molecule has 0 aromatic heterocycles. The van der Waals surface area contributed by atoms with Gasteiger partial charge in [0, 0.05) is 19.1 Å². The Morgan fingerprint density at radius 2 is 1.67 bits per heavy atom. The van der Waals surface area contributed by atoms with Crippen LogP contribution in [-0.2, 0) is 20.0 Å². The Morgan fingerprint density at radius 1 is 1.14 bits per heavy atom. The molecule has 10 heteroatoms. The average Bonchev–Trinajstić information content (AvgIpc) is 2.86. The van der Waals surface area contributed by atoms with Crippen molar-refractivity contribution in [3.8, 4) is 0 Å². The number of halogens is 1. The first-order valence-corrected chi connectivity index (χ1v) is 8.99. The van der Waals surface area contributed by atoms with Gasteiger partial charge in [-0.1, -0.05) is 0 Å². The third-order valence-electron chi connectivity index (χ3n) is 3.23. The summed E-state index contributed by atoms with van der Waals surface area (Å²) in [6.07, 6.45) is 0.630. The Morgan fingerprint density at radius 3 is 2.10 bits per heavy atom. The van der Waals surface area contributed by atoms with Crippen LogP contribution in [0.4, 0.5) is 0 Å². The molecule has 1 saturated heterocycles. The number of nitrogens with two attached hydrogens (primary N) is 1. The molecule has 1 fully saturated rings. The van der Waals surface area contributed by atoms with Gasteiger partial charge in [-0.2, -0.15) is 4.31 Å². The zero-order chi connectivity index (χ0) is 15.0. The van der Waals surface area contributed by atoms with Gasteiger partial charge in [-0.3, -0.25) is 0 Å². The maximum absolute atomic E-state index is 12.3. The molecule has 0 amide bonds. The Labute approximate surface area is 131 Å². The van der Waals surface area contributed by atoms with Gasteiger partial charge in [0.2, 0.25) is 20.0 Å². The quantitative estimate of drug-likeness (QED) is 0.773. The smallest absolute Gasteiger partial charge is 0.243 e. The number of sulfonamides is 2. The molecule has 1 aromatic rings. The van der Waals surface area contributed by atoms with Crippen molar-refractivity contribution in [3.63, 3.8) is 0 Å². The van der Waals surface area contributed by atoms with Gasteiger partial charge in [-0.15, -0.1) is 12.4 Å². The molecule has 7 nitrogen and oxygen atoms in total. The van der Waals surface area contributed by atoms with E-state index >= 15 is 0 Å². The summed E-state index contributed by atoms with van der Waals surface area (Å²) in [6.45, 7) is 0.680. The van der Waals surface area contributed by atoms with Crippen LogP contribution in [0.2, 0.25) is 0 Å². The number of rotatable bonds is 4. The lowest BCUT2D eigenvalue weighted by Crippen LogP contribution is -2.32. The Kier molecular flexibility index (Phi) is 5.76. The summed E-state index contributed by atoms with van der Waals surface area (Å²) < 4.78 is 51.3. The fourth-order valence-electron chi connectivity index (χ4n) is 2.03.